The van der Waals surface area contributed by atoms with E-state index in [0.29, 0.717) is 0 Å². The molecule has 0 bridgehead atoms. The number of halogens is 1. The Balaban J connectivity index is 3.09. The van der Waals surface area contributed by atoms with E-state index in [0.717, 1.165) is 12.1 Å². The van der Waals surface area contributed by atoms with Gasteiger partial charge in [0.15, 0.2) is 5.82 Å². The summed E-state index contributed by atoms with van der Waals surface area (Å²) in [5.41, 5.74) is 3.89. The highest BCUT2D eigenvalue weighted by Crippen LogP contribution is 2.24. The Morgan fingerprint density at radius 3 is 2.50 bits per heavy atom. The summed E-state index contributed by atoms with van der Waals surface area (Å²) in [6.07, 6.45) is 0. The Morgan fingerprint density at radius 1 is 1.44 bits per heavy atom. The zero-order chi connectivity index (χ0) is 12.5. The number of nitrogen functional groups attached to an aromatic ring is 1. The zero-order valence-corrected chi connectivity index (χ0v) is 9.37. The van der Waals surface area contributed by atoms with Crippen LogP contribution < -0.4 is 5.73 Å². The SMILES string of the molecule is CC(C)(C)OC(=O)c1cc(O)cc(N)c1F. The van der Waals surface area contributed by atoms with Gasteiger partial charge >= 0.3 is 5.97 Å². The standard InChI is InChI=1S/C11H14FNO3/c1-11(2,3)16-10(15)7-4-6(14)5-8(13)9(7)12/h4-5,14H,13H2,1-3H3. The van der Waals surface area contributed by atoms with Gasteiger partial charge in [-0.25, -0.2) is 9.18 Å². The molecule has 16 heavy (non-hydrogen) atoms. The molecule has 0 spiro atoms. The number of rotatable bonds is 1. The second kappa shape index (κ2) is 4.00. The number of carbonyl (C=O) groups is 1. The van der Waals surface area contributed by atoms with Crippen molar-refractivity contribution in [2.45, 2.75) is 26.4 Å². The molecule has 4 nitrogen and oxygen atoms in total. The molecule has 0 saturated heterocycles. The van der Waals surface area contributed by atoms with Crippen molar-refractivity contribution < 1.29 is 19.0 Å². The third-order valence-electron chi connectivity index (χ3n) is 1.70. The molecule has 88 valence electrons. The van der Waals surface area contributed by atoms with Gasteiger partial charge < -0.3 is 15.6 Å². The highest BCUT2D eigenvalue weighted by Gasteiger charge is 2.22. The van der Waals surface area contributed by atoms with Crippen LogP contribution in [0.1, 0.15) is 31.1 Å². The maximum atomic E-state index is 13.5. The van der Waals surface area contributed by atoms with Crippen LogP contribution in [0.3, 0.4) is 0 Å². The minimum absolute atomic E-state index is 0.278. The van der Waals surface area contributed by atoms with Crippen molar-refractivity contribution in [1.29, 1.82) is 0 Å². The smallest absolute Gasteiger partial charge is 0.341 e. The van der Waals surface area contributed by atoms with E-state index >= 15 is 0 Å². The van der Waals surface area contributed by atoms with E-state index in [1.54, 1.807) is 20.8 Å². The number of hydrogen-bond acceptors (Lipinski definition) is 4. The maximum absolute atomic E-state index is 13.5. The molecule has 0 unspecified atom stereocenters. The molecule has 0 atom stereocenters. The number of nitrogens with two attached hydrogens (primary N) is 1. The molecule has 0 amide bonds. The summed E-state index contributed by atoms with van der Waals surface area (Å²) < 4.78 is 18.4. The van der Waals surface area contributed by atoms with Gasteiger partial charge in [-0.2, -0.15) is 0 Å². The largest absolute Gasteiger partial charge is 0.508 e. The molecular formula is C11H14FNO3. The molecule has 1 rings (SSSR count). The Morgan fingerprint density at radius 2 is 2.00 bits per heavy atom. The average molecular weight is 227 g/mol. The number of hydrogen-bond donors (Lipinski definition) is 2. The highest BCUT2D eigenvalue weighted by molar-refractivity contribution is 5.91. The highest BCUT2D eigenvalue weighted by atomic mass is 19.1. The molecule has 3 N–H and O–H groups in total. The third-order valence-corrected chi connectivity index (χ3v) is 1.70. The maximum Gasteiger partial charge on any atom is 0.341 e. The lowest BCUT2D eigenvalue weighted by atomic mass is 10.1. The van der Waals surface area contributed by atoms with Crippen LogP contribution in [0.4, 0.5) is 10.1 Å². The number of aromatic hydroxyl groups is 1. The molecular weight excluding hydrogens is 213 g/mol. The van der Waals surface area contributed by atoms with E-state index in [1.807, 2.05) is 0 Å². The number of phenols is 1. The van der Waals surface area contributed by atoms with E-state index in [2.05, 4.69) is 0 Å². The van der Waals surface area contributed by atoms with Gasteiger partial charge in [0.05, 0.1) is 5.69 Å². The van der Waals surface area contributed by atoms with Crippen LogP contribution in [0.15, 0.2) is 12.1 Å². The first-order valence-electron chi connectivity index (χ1n) is 4.72. The van der Waals surface area contributed by atoms with Gasteiger partial charge in [-0.1, -0.05) is 0 Å². The summed E-state index contributed by atoms with van der Waals surface area (Å²) in [7, 11) is 0. The number of benzene rings is 1. The number of ether oxygens (including phenoxy) is 1. The molecule has 0 saturated carbocycles. The lowest BCUT2D eigenvalue weighted by Gasteiger charge is -2.19. The zero-order valence-electron chi connectivity index (χ0n) is 9.37. The van der Waals surface area contributed by atoms with Crippen LogP contribution in [0.5, 0.6) is 5.75 Å². The molecule has 0 aliphatic heterocycles. The molecule has 0 radical (unpaired) electrons. The molecule has 1 aromatic rings. The van der Waals surface area contributed by atoms with Gasteiger partial charge in [0, 0.05) is 6.07 Å². The second-order valence-corrected chi connectivity index (χ2v) is 4.40. The molecule has 0 aromatic heterocycles. The minimum Gasteiger partial charge on any atom is -0.508 e. The van der Waals surface area contributed by atoms with Crippen molar-refractivity contribution in [3.63, 3.8) is 0 Å². The van der Waals surface area contributed by atoms with Gasteiger partial charge in [0.1, 0.15) is 16.9 Å². The van der Waals surface area contributed by atoms with Crippen LogP contribution in [-0.2, 0) is 4.74 Å². The Hall–Kier alpha value is -1.78. The van der Waals surface area contributed by atoms with E-state index < -0.39 is 17.4 Å². The monoisotopic (exact) mass is 227 g/mol. The van der Waals surface area contributed by atoms with Crippen molar-refractivity contribution in [1.82, 2.24) is 0 Å². The fraction of sp³-hybridized carbons (Fsp3) is 0.364. The van der Waals surface area contributed by atoms with Crippen LogP contribution in [0, 0.1) is 5.82 Å². The average Bonchev–Trinajstić information content (AvgIpc) is 2.08. The van der Waals surface area contributed by atoms with Gasteiger partial charge in [-0.3, -0.25) is 0 Å². The van der Waals surface area contributed by atoms with Gasteiger partial charge in [-0.15, -0.1) is 0 Å². The van der Waals surface area contributed by atoms with Crippen LogP contribution in [0.25, 0.3) is 0 Å². The predicted octanol–water partition coefficient (Wildman–Crippen LogP) is 2.07. The van der Waals surface area contributed by atoms with E-state index in [9.17, 15) is 14.3 Å². The molecule has 1 aromatic carbocycles. The van der Waals surface area contributed by atoms with E-state index in [1.165, 1.54) is 0 Å². The second-order valence-electron chi connectivity index (χ2n) is 4.40. The molecule has 0 heterocycles. The van der Waals surface area contributed by atoms with Gasteiger partial charge in [0.2, 0.25) is 0 Å². The summed E-state index contributed by atoms with van der Waals surface area (Å²) in [5.74, 6) is -2.01. The summed E-state index contributed by atoms with van der Waals surface area (Å²) in [4.78, 5) is 11.6. The quantitative estimate of drug-likeness (QED) is 0.569. The van der Waals surface area contributed by atoms with E-state index in [-0.39, 0.29) is 17.0 Å². The number of anilines is 1. The summed E-state index contributed by atoms with van der Waals surface area (Å²) in [5, 5.41) is 9.21. The molecule has 5 heteroatoms. The van der Waals surface area contributed by atoms with Crippen molar-refractivity contribution in [3.8, 4) is 5.75 Å². The number of carbonyl (C=O) groups excluding carboxylic acids is 1. The summed E-state index contributed by atoms with van der Waals surface area (Å²) >= 11 is 0. The lowest BCUT2D eigenvalue weighted by Crippen LogP contribution is -2.24. The summed E-state index contributed by atoms with van der Waals surface area (Å²) in [6, 6.07) is 2.02. The van der Waals surface area contributed by atoms with Gasteiger partial charge in [-0.05, 0) is 26.8 Å². The lowest BCUT2D eigenvalue weighted by molar-refractivity contribution is 0.00644. The fourth-order valence-corrected chi connectivity index (χ4v) is 1.11. The molecule has 0 fully saturated rings. The normalized spacial score (nSPS) is 11.2. The number of esters is 1. The van der Waals surface area contributed by atoms with Crippen molar-refractivity contribution in [2.24, 2.45) is 0 Å². The van der Waals surface area contributed by atoms with Gasteiger partial charge in [0.25, 0.3) is 0 Å². The Kier molecular flexibility index (Phi) is 3.07. The van der Waals surface area contributed by atoms with E-state index in [4.69, 9.17) is 10.5 Å². The number of phenolic OH excluding ortho intramolecular Hbond substituents is 1. The minimum atomic E-state index is -0.882. The predicted molar refractivity (Wildman–Crippen MR) is 57.6 cm³/mol. The molecule has 0 aliphatic rings. The molecule has 0 aliphatic carbocycles. The van der Waals surface area contributed by atoms with Crippen molar-refractivity contribution >= 4 is 11.7 Å². The first-order valence-corrected chi connectivity index (χ1v) is 4.72. The van der Waals surface area contributed by atoms with Crippen molar-refractivity contribution in [2.75, 3.05) is 5.73 Å². The first kappa shape index (κ1) is 12.3. The fourth-order valence-electron chi connectivity index (χ4n) is 1.11. The van der Waals surface area contributed by atoms with Crippen LogP contribution in [-0.4, -0.2) is 16.7 Å². The summed E-state index contributed by atoms with van der Waals surface area (Å²) in [6.45, 7) is 4.98. The Labute approximate surface area is 92.8 Å². The third kappa shape index (κ3) is 2.85. The van der Waals surface area contributed by atoms with Crippen LogP contribution >= 0.6 is 0 Å². The van der Waals surface area contributed by atoms with Crippen molar-refractivity contribution in [3.05, 3.63) is 23.5 Å². The first-order chi connectivity index (χ1) is 7.20. The Bertz CT molecular complexity index is 424. The topological polar surface area (TPSA) is 72.5 Å². The van der Waals surface area contributed by atoms with Crippen LogP contribution in [0.2, 0.25) is 0 Å².